The van der Waals surface area contributed by atoms with Gasteiger partial charge in [-0.3, -0.25) is 4.98 Å². The van der Waals surface area contributed by atoms with Crippen LogP contribution in [0.15, 0.2) is 24.5 Å². The second kappa shape index (κ2) is 6.03. The van der Waals surface area contributed by atoms with Crippen LogP contribution in [0.3, 0.4) is 0 Å². The molecule has 0 N–H and O–H groups in total. The van der Waals surface area contributed by atoms with Crippen molar-refractivity contribution >= 4 is 34.8 Å². The van der Waals surface area contributed by atoms with Crippen molar-refractivity contribution < 1.29 is 26.3 Å². The van der Waals surface area contributed by atoms with E-state index in [0.29, 0.717) is 6.20 Å². The molecule has 0 bridgehead atoms. The van der Waals surface area contributed by atoms with Gasteiger partial charge in [0.2, 0.25) is 0 Å². The second-order valence-corrected chi connectivity index (χ2v) is 5.58. The highest BCUT2D eigenvalue weighted by atomic mass is 35.5. The molecule has 1 aromatic carbocycles. The van der Waals surface area contributed by atoms with Gasteiger partial charge in [-0.2, -0.15) is 26.3 Å². The van der Waals surface area contributed by atoms with Crippen molar-refractivity contribution in [1.29, 1.82) is 0 Å². The molecule has 0 fully saturated rings. The molecule has 0 atom stereocenters. The fraction of sp³-hybridized carbons (Fsp3) is 0.154. The summed E-state index contributed by atoms with van der Waals surface area (Å²) < 4.78 is 78.4. The second-order valence-electron chi connectivity index (χ2n) is 4.35. The van der Waals surface area contributed by atoms with Crippen LogP contribution in [-0.4, -0.2) is 4.98 Å². The lowest BCUT2D eigenvalue weighted by Crippen LogP contribution is -2.18. The number of benzene rings is 1. The third kappa shape index (κ3) is 3.67. The Bertz CT molecular complexity index is 755. The highest BCUT2D eigenvalue weighted by Gasteiger charge is 2.45. The van der Waals surface area contributed by atoms with Gasteiger partial charge in [0.25, 0.3) is 0 Å². The van der Waals surface area contributed by atoms with Crippen molar-refractivity contribution in [3.63, 3.8) is 0 Å². The molecule has 1 aromatic heterocycles. The van der Waals surface area contributed by atoms with Gasteiger partial charge in [-0.15, -0.1) is 0 Å². The number of aromatic nitrogens is 1. The largest absolute Gasteiger partial charge is 0.418 e. The van der Waals surface area contributed by atoms with Crippen LogP contribution >= 0.6 is 34.8 Å². The quantitative estimate of drug-likeness (QED) is 0.385. The van der Waals surface area contributed by atoms with Gasteiger partial charge in [0.1, 0.15) is 0 Å². The summed E-state index contributed by atoms with van der Waals surface area (Å²) in [4.78, 5) is 3.24. The number of hydrogen-bond acceptors (Lipinski definition) is 1. The molecule has 0 aliphatic carbocycles. The summed E-state index contributed by atoms with van der Waals surface area (Å²) in [6, 6.07) is 2.14. The Kier molecular flexibility index (Phi) is 4.76. The standard InChI is InChI=1S/C13H4Cl3F6N/c14-5-1-6(11(16)9(15)2-5)7-3-23-4-8(12(17,18)19)10(7)13(20,21)22/h1-4H. The predicted molar refractivity (Wildman–Crippen MR) is 74.7 cm³/mol. The van der Waals surface area contributed by atoms with Crippen molar-refractivity contribution in [3.8, 4) is 11.1 Å². The summed E-state index contributed by atoms with van der Waals surface area (Å²) >= 11 is 17.2. The summed E-state index contributed by atoms with van der Waals surface area (Å²) in [6.45, 7) is 0. The first-order valence-electron chi connectivity index (χ1n) is 5.70. The Labute approximate surface area is 140 Å². The molecule has 0 aliphatic heterocycles. The summed E-state index contributed by atoms with van der Waals surface area (Å²) in [5.41, 5.74) is -5.08. The molecule has 0 unspecified atom stereocenters. The maximum Gasteiger partial charge on any atom is 0.418 e. The molecule has 0 aliphatic rings. The van der Waals surface area contributed by atoms with Crippen LogP contribution in [0, 0.1) is 0 Å². The highest BCUT2D eigenvalue weighted by Crippen LogP contribution is 2.47. The summed E-state index contributed by atoms with van der Waals surface area (Å²) in [5, 5.41) is -0.637. The molecule has 1 heterocycles. The summed E-state index contributed by atoms with van der Waals surface area (Å²) in [5.74, 6) is 0. The van der Waals surface area contributed by atoms with E-state index in [1.54, 1.807) is 0 Å². The van der Waals surface area contributed by atoms with Gasteiger partial charge >= 0.3 is 12.4 Å². The lowest BCUT2D eigenvalue weighted by atomic mass is 9.97. The fourth-order valence-electron chi connectivity index (χ4n) is 1.94. The van der Waals surface area contributed by atoms with Crippen molar-refractivity contribution in [2.75, 3.05) is 0 Å². The Morgan fingerprint density at radius 2 is 1.39 bits per heavy atom. The molecule has 10 heteroatoms. The Balaban J connectivity index is 2.89. The molecule has 1 nitrogen and oxygen atoms in total. The molecule has 0 radical (unpaired) electrons. The molecule has 0 saturated carbocycles. The van der Waals surface area contributed by atoms with Gasteiger partial charge in [-0.25, -0.2) is 0 Å². The summed E-state index contributed by atoms with van der Waals surface area (Å²) in [6.07, 6.45) is -9.80. The molecule has 0 amide bonds. The monoisotopic (exact) mass is 393 g/mol. The molecular weight excluding hydrogens is 390 g/mol. The minimum absolute atomic E-state index is 0.0834. The van der Waals surface area contributed by atoms with Crippen LogP contribution in [0.1, 0.15) is 11.1 Å². The zero-order valence-corrected chi connectivity index (χ0v) is 12.9. The van der Waals surface area contributed by atoms with Gasteiger partial charge in [0, 0.05) is 28.5 Å². The van der Waals surface area contributed by atoms with Crippen LogP contribution in [-0.2, 0) is 12.4 Å². The van der Waals surface area contributed by atoms with E-state index in [-0.39, 0.29) is 21.3 Å². The average molecular weight is 395 g/mol. The van der Waals surface area contributed by atoms with E-state index >= 15 is 0 Å². The minimum Gasteiger partial charge on any atom is -0.263 e. The van der Waals surface area contributed by atoms with Crippen LogP contribution in [0.25, 0.3) is 11.1 Å². The van der Waals surface area contributed by atoms with E-state index in [1.807, 2.05) is 0 Å². The predicted octanol–water partition coefficient (Wildman–Crippen LogP) is 6.75. The van der Waals surface area contributed by atoms with Gasteiger partial charge in [-0.05, 0) is 12.1 Å². The average Bonchev–Trinajstić information content (AvgIpc) is 2.40. The first-order valence-corrected chi connectivity index (χ1v) is 6.83. The molecular formula is C13H4Cl3F6N. The summed E-state index contributed by atoms with van der Waals surface area (Å²) in [7, 11) is 0. The number of halogens is 9. The molecule has 0 saturated heterocycles. The van der Waals surface area contributed by atoms with Gasteiger partial charge < -0.3 is 0 Å². The zero-order chi connectivity index (χ0) is 17.6. The van der Waals surface area contributed by atoms with Crippen molar-refractivity contribution in [3.05, 3.63) is 50.7 Å². The zero-order valence-electron chi connectivity index (χ0n) is 10.7. The first kappa shape index (κ1) is 18.2. The lowest BCUT2D eigenvalue weighted by Gasteiger charge is -2.19. The lowest BCUT2D eigenvalue weighted by molar-refractivity contribution is -0.161. The number of hydrogen-bond donors (Lipinski definition) is 0. The smallest absolute Gasteiger partial charge is 0.263 e. The van der Waals surface area contributed by atoms with Crippen molar-refractivity contribution in [2.24, 2.45) is 0 Å². The maximum absolute atomic E-state index is 13.2. The molecule has 2 aromatic rings. The van der Waals surface area contributed by atoms with Gasteiger partial charge in [0.15, 0.2) is 0 Å². The van der Waals surface area contributed by atoms with Crippen LogP contribution < -0.4 is 0 Å². The highest BCUT2D eigenvalue weighted by molar-refractivity contribution is 6.45. The van der Waals surface area contributed by atoms with Crippen molar-refractivity contribution in [2.45, 2.75) is 12.4 Å². The Hall–Kier alpha value is -1.18. The number of alkyl halides is 6. The van der Waals surface area contributed by atoms with Gasteiger partial charge in [0.05, 0.1) is 21.2 Å². The Morgan fingerprint density at radius 3 is 1.91 bits per heavy atom. The van der Waals surface area contributed by atoms with E-state index in [1.165, 1.54) is 0 Å². The maximum atomic E-state index is 13.2. The SMILES string of the molecule is FC(F)(F)c1cncc(-c2cc(Cl)cc(Cl)c2Cl)c1C(F)(F)F. The van der Waals surface area contributed by atoms with E-state index in [9.17, 15) is 26.3 Å². The molecule has 2 rings (SSSR count). The number of rotatable bonds is 1. The minimum atomic E-state index is -5.29. The molecule has 23 heavy (non-hydrogen) atoms. The third-order valence-electron chi connectivity index (χ3n) is 2.82. The van der Waals surface area contributed by atoms with Crippen molar-refractivity contribution in [1.82, 2.24) is 4.98 Å². The van der Waals surface area contributed by atoms with Gasteiger partial charge in [-0.1, -0.05) is 34.8 Å². The third-order valence-corrected chi connectivity index (χ3v) is 3.84. The number of pyridine rings is 1. The normalized spacial score (nSPS) is 12.6. The Morgan fingerprint density at radius 1 is 0.783 bits per heavy atom. The van der Waals surface area contributed by atoms with Crippen LogP contribution in [0.4, 0.5) is 26.3 Å². The number of nitrogens with zero attached hydrogens (tertiary/aromatic N) is 1. The molecule has 0 spiro atoms. The van der Waals surface area contributed by atoms with Crippen LogP contribution in [0.5, 0.6) is 0 Å². The fourth-order valence-corrected chi connectivity index (χ4v) is 2.64. The van der Waals surface area contributed by atoms with Crippen LogP contribution in [0.2, 0.25) is 15.1 Å². The molecule has 124 valence electrons. The van der Waals surface area contributed by atoms with E-state index in [2.05, 4.69) is 4.98 Å². The first-order chi connectivity index (χ1) is 10.4. The van der Waals surface area contributed by atoms with E-state index < -0.39 is 34.6 Å². The van der Waals surface area contributed by atoms with E-state index in [0.717, 1.165) is 12.1 Å². The van der Waals surface area contributed by atoms with E-state index in [4.69, 9.17) is 34.8 Å². The topological polar surface area (TPSA) is 12.9 Å².